The largest absolute Gasteiger partial charge is 0.480 e. The van der Waals surface area contributed by atoms with Gasteiger partial charge in [0.15, 0.2) is 0 Å². The number of aliphatic carboxylic acids is 1. The second-order valence-corrected chi connectivity index (χ2v) is 4.89. The zero-order valence-electron chi connectivity index (χ0n) is 9.46. The Hall–Kier alpha value is -0.300. The average Bonchev–Trinajstić information content (AvgIpc) is 2.27. The van der Waals surface area contributed by atoms with Gasteiger partial charge in [-0.25, -0.2) is 0 Å². The Bertz CT molecular complexity index is 227. The molecule has 2 N–H and O–H groups in total. The van der Waals surface area contributed by atoms with Crippen molar-refractivity contribution >= 4 is 17.7 Å². The maximum Gasteiger partial charge on any atom is 0.321 e. The molecule has 0 amide bonds. The fourth-order valence-electron chi connectivity index (χ4n) is 1.66. The molecule has 6 heteroatoms. The highest BCUT2D eigenvalue weighted by Crippen LogP contribution is 2.16. The molecule has 2 atom stereocenters. The fraction of sp³-hybridized carbons (Fsp3) is 0.900. The third-order valence-corrected chi connectivity index (χ3v) is 3.51. The number of β-amino-alcohol motifs (C(OH)–C–C–N with tert-alkyl or cyclic N) is 1. The van der Waals surface area contributed by atoms with Crippen molar-refractivity contribution in [3.05, 3.63) is 0 Å². The molecule has 0 radical (unpaired) electrons. The van der Waals surface area contributed by atoms with Gasteiger partial charge in [0.1, 0.15) is 6.04 Å². The van der Waals surface area contributed by atoms with E-state index in [0.29, 0.717) is 25.4 Å². The summed E-state index contributed by atoms with van der Waals surface area (Å²) in [4.78, 5) is 12.8. The number of hydrogen-bond acceptors (Lipinski definition) is 5. The summed E-state index contributed by atoms with van der Waals surface area (Å²) < 4.78 is 5.10. The van der Waals surface area contributed by atoms with Crippen LogP contribution < -0.4 is 0 Å². The predicted octanol–water partition coefficient (Wildman–Crippen LogP) is -0.114. The molecule has 16 heavy (non-hydrogen) atoms. The Balaban J connectivity index is 2.39. The Morgan fingerprint density at radius 3 is 3.06 bits per heavy atom. The van der Waals surface area contributed by atoms with Gasteiger partial charge in [0.25, 0.3) is 0 Å². The summed E-state index contributed by atoms with van der Waals surface area (Å²) in [5, 5.41) is 18.7. The van der Waals surface area contributed by atoms with Crippen molar-refractivity contribution in [2.75, 3.05) is 37.8 Å². The molecule has 1 saturated heterocycles. The predicted molar refractivity (Wildman–Crippen MR) is 62.8 cm³/mol. The maximum atomic E-state index is 11.0. The number of aliphatic hydroxyl groups excluding tert-OH is 1. The minimum atomic E-state index is -0.809. The maximum absolute atomic E-state index is 11.0. The SMILES string of the molecule is CCOCC(O)CN1CCSCC1C(=O)O. The van der Waals surface area contributed by atoms with E-state index in [2.05, 4.69) is 0 Å². The summed E-state index contributed by atoms with van der Waals surface area (Å²) in [5.41, 5.74) is 0. The molecule has 1 rings (SSSR count). The van der Waals surface area contributed by atoms with Gasteiger partial charge in [-0.3, -0.25) is 9.69 Å². The molecule has 0 spiro atoms. The summed E-state index contributed by atoms with van der Waals surface area (Å²) in [6.45, 7) is 3.79. The van der Waals surface area contributed by atoms with E-state index < -0.39 is 18.1 Å². The molecule has 94 valence electrons. The van der Waals surface area contributed by atoms with Crippen molar-refractivity contribution in [3.8, 4) is 0 Å². The lowest BCUT2D eigenvalue weighted by Gasteiger charge is -2.33. The lowest BCUT2D eigenvalue weighted by atomic mass is 10.2. The molecule has 0 saturated carbocycles. The first-order valence-electron chi connectivity index (χ1n) is 5.45. The van der Waals surface area contributed by atoms with Gasteiger partial charge >= 0.3 is 5.97 Å². The van der Waals surface area contributed by atoms with Crippen LogP contribution in [0.3, 0.4) is 0 Å². The lowest BCUT2D eigenvalue weighted by Crippen LogP contribution is -2.50. The number of hydrogen-bond donors (Lipinski definition) is 2. The Kier molecular flexibility index (Phi) is 6.12. The first-order valence-corrected chi connectivity index (χ1v) is 6.61. The highest BCUT2D eigenvalue weighted by Gasteiger charge is 2.29. The van der Waals surface area contributed by atoms with Gasteiger partial charge in [0.05, 0.1) is 12.7 Å². The highest BCUT2D eigenvalue weighted by atomic mass is 32.2. The van der Waals surface area contributed by atoms with E-state index in [9.17, 15) is 9.90 Å². The molecule has 1 aliphatic heterocycles. The van der Waals surface area contributed by atoms with Crippen molar-refractivity contribution in [3.63, 3.8) is 0 Å². The van der Waals surface area contributed by atoms with E-state index in [4.69, 9.17) is 9.84 Å². The molecular weight excluding hydrogens is 230 g/mol. The second kappa shape index (κ2) is 7.11. The molecule has 5 nitrogen and oxygen atoms in total. The van der Waals surface area contributed by atoms with Crippen LogP contribution in [-0.2, 0) is 9.53 Å². The Morgan fingerprint density at radius 2 is 2.44 bits per heavy atom. The van der Waals surface area contributed by atoms with Crippen LogP contribution in [0.15, 0.2) is 0 Å². The molecule has 1 heterocycles. The molecule has 1 aliphatic rings. The Labute approximate surface area is 99.8 Å². The number of carboxylic acids is 1. The van der Waals surface area contributed by atoms with Crippen LogP contribution in [0.1, 0.15) is 6.92 Å². The van der Waals surface area contributed by atoms with Crippen molar-refractivity contribution in [2.45, 2.75) is 19.1 Å². The topological polar surface area (TPSA) is 70.0 Å². The van der Waals surface area contributed by atoms with Crippen molar-refractivity contribution in [1.82, 2.24) is 4.90 Å². The normalized spacial score (nSPS) is 24.2. The molecule has 0 aromatic rings. The van der Waals surface area contributed by atoms with E-state index in [-0.39, 0.29) is 6.61 Å². The van der Waals surface area contributed by atoms with E-state index in [1.54, 1.807) is 11.8 Å². The fourth-order valence-corrected chi connectivity index (χ4v) is 2.77. The minimum absolute atomic E-state index is 0.270. The molecule has 2 unspecified atom stereocenters. The van der Waals surface area contributed by atoms with E-state index >= 15 is 0 Å². The van der Waals surface area contributed by atoms with Gasteiger partial charge in [-0.2, -0.15) is 11.8 Å². The van der Waals surface area contributed by atoms with Crippen LogP contribution in [0.2, 0.25) is 0 Å². The van der Waals surface area contributed by atoms with Crippen LogP contribution in [-0.4, -0.2) is 71.0 Å². The third kappa shape index (κ3) is 4.29. The second-order valence-electron chi connectivity index (χ2n) is 3.74. The summed E-state index contributed by atoms with van der Waals surface area (Å²) >= 11 is 1.64. The van der Waals surface area contributed by atoms with Gasteiger partial charge in [-0.05, 0) is 6.92 Å². The van der Waals surface area contributed by atoms with Crippen molar-refractivity contribution < 1.29 is 19.7 Å². The minimum Gasteiger partial charge on any atom is -0.480 e. The number of nitrogens with zero attached hydrogens (tertiary/aromatic N) is 1. The van der Waals surface area contributed by atoms with Gasteiger partial charge in [0.2, 0.25) is 0 Å². The molecule has 0 aromatic heterocycles. The van der Waals surface area contributed by atoms with Gasteiger partial charge in [0, 0.05) is 31.2 Å². The van der Waals surface area contributed by atoms with Crippen LogP contribution in [0.5, 0.6) is 0 Å². The molecule has 0 aliphatic carbocycles. The highest BCUT2D eigenvalue weighted by molar-refractivity contribution is 7.99. The van der Waals surface area contributed by atoms with Crippen LogP contribution >= 0.6 is 11.8 Å². The number of carboxylic acid groups (broad SMARTS) is 1. The lowest BCUT2D eigenvalue weighted by molar-refractivity contribution is -0.143. The third-order valence-electron chi connectivity index (χ3n) is 2.48. The van der Waals surface area contributed by atoms with Crippen LogP contribution in [0.25, 0.3) is 0 Å². The summed E-state index contributed by atoms with van der Waals surface area (Å²) in [5.74, 6) is 0.706. The quantitative estimate of drug-likeness (QED) is 0.684. The monoisotopic (exact) mass is 249 g/mol. The zero-order chi connectivity index (χ0) is 12.0. The molecule has 1 fully saturated rings. The summed E-state index contributed by atoms with van der Waals surface area (Å²) in [7, 11) is 0. The smallest absolute Gasteiger partial charge is 0.321 e. The molecular formula is C10H19NO4S. The van der Waals surface area contributed by atoms with Gasteiger partial charge in [-0.1, -0.05) is 0 Å². The number of rotatable bonds is 6. The van der Waals surface area contributed by atoms with E-state index in [1.165, 1.54) is 0 Å². The molecule has 0 bridgehead atoms. The number of aliphatic hydroxyl groups is 1. The van der Waals surface area contributed by atoms with Crippen LogP contribution in [0.4, 0.5) is 0 Å². The molecule has 0 aromatic carbocycles. The van der Waals surface area contributed by atoms with Gasteiger partial charge in [-0.15, -0.1) is 0 Å². The Morgan fingerprint density at radius 1 is 1.69 bits per heavy atom. The average molecular weight is 249 g/mol. The summed E-state index contributed by atoms with van der Waals surface area (Å²) in [6.07, 6.45) is -0.607. The van der Waals surface area contributed by atoms with Gasteiger partial charge < -0.3 is 14.9 Å². The zero-order valence-corrected chi connectivity index (χ0v) is 10.3. The first-order chi connectivity index (χ1) is 7.65. The van der Waals surface area contributed by atoms with Crippen molar-refractivity contribution in [1.29, 1.82) is 0 Å². The van der Waals surface area contributed by atoms with Crippen molar-refractivity contribution in [2.24, 2.45) is 0 Å². The number of carbonyl (C=O) groups is 1. The number of ether oxygens (including phenoxy) is 1. The van der Waals surface area contributed by atoms with E-state index in [1.807, 2.05) is 11.8 Å². The standard InChI is InChI=1S/C10H19NO4S/c1-2-15-6-8(12)5-11-3-4-16-7-9(11)10(13)14/h8-9,12H,2-7H2,1H3,(H,13,14). The van der Waals surface area contributed by atoms with Crippen LogP contribution in [0, 0.1) is 0 Å². The summed E-state index contributed by atoms with van der Waals surface area (Å²) in [6, 6.07) is -0.477. The number of thioether (sulfide) groups is 1. The van der Waals surface area contributed by atoms with E-state index in [0.717, 1.165) is 5.75 Å². The first kappa shape index (κ1) is 13.8.